The highest BCUT2D eigenvalue weighted by molar-refractivity contribution is 4.46. The van der Waals surface area contributed by atoms with Crippen molar-refractivity contribution < 1.29 is 13.7 Å². The highest BCUT2D eigenvalue weighted by Gasteiger charge is 1.95. The van der Waals surface area contributed by atoms with Gasteiger partial charge in [0.05, 0.1) is 0 Å². The molecule has 0 rings (SSSR count). The van der Waals surface area contributed by atoms with Gasteiger partial charge in [0.15, 0.2) is 0 Å². The molecule has 0 aliphatic carbocycles. The summed E-state index contributed by atoms with van der Waals surface area (Å²) in [7, 11) is 0. The lowest BCUT2D eigenvalue weighted by Gasteiger charge is -2.05. The molecular formula is C6H14. The molecule has 1 atom stereocenters. The predicted octanol–water partition coefficient (Wildman–Crippen LogP) is 2.30. The summed E-state index contributed by atoms with van der Waals surface area (Å²) < 4.78 is 71.3. The lowest BCUT2D eigenvalue weighted by Crippen LogP contribution is -1.95. The number of hydrogen-bond donors (Lipinski definition) is 0. The van der Waals surface area contributed by atoms with Crippen LogP contribution in [0.2, 0.25) is 0 Å². The standard InChI is InChI=1S/C6H14/c1-5(2)6(3)4/h5-6H,1-4H3/i1D3,2D3,3D3,5D. The first-order chi connectivity index (χ1) is 6.65. The quantitative estimate of drug-likeness (QED) is 0.470. The third-order valence-electron chi connectivity index (χ3n) is 0.433. The maximum atomic E-state index is 7.60. The first kappa shape index (κ1) is 0.667. The van der Waals surface area contributed by atoms with Crippen molar-refractivity contribution in [1.82, 2.24) is 0 Å². The summed E-state index contributed by atoms with van der Waals surface area (Å²) in [6, 6.07) is 0. The molecule has 0 aliphatic rings. The Morgan fingerprint density at radius 3 is 2.33 bits per heavy atom. The molecule has 0 fully saturated rings. The Bertz CT molecular complexity index is 228. The maximum absolute atomic E-state index is 7.60. The predicted molar refractivity (Wildman–Crippen MR) is 29.7 cm³/mol. The van der Waals surface area contributed by atoms with Crippen molar-refractivity contribution >= 4 is 0 Å². The van der Waals surface area contributed by atoms with Gasteiger partial charge < -0.3 is 0 Å². The molecule has 0 aromatic carbocycles. The van der Waals surface area contributed by atoms with E-state index in [1.54, 1.807) is 0 Å². The lowest BCUT2D eigenvalue weighted by atomic mass is 10.0. The number of rotatable bonds is 1. The van der Waals surface area contributed by atoms with Crippen LogP contribution in [0.4, 0.5) is 0 Å². The second-order valence-corrected chi connectivity index (χ2v) is 1.14. The SMILES string of the molecule is [2H]C([2H])([2H])C(C)C([2H])(C([2H])([2H])[2H])C([2H])([2H])[2H]. The lowest BCUT2D eigenvalue weighted by molar-refractivity contribution is 0.457. The summed E-state index contributed by atoms with van der Waals surface area (Å²) in [5.41, 5.74) is 0. The van der Waals surface area contributed by atoms with Gasteiger partial charge in [-0.15, -0.1) is 0 Å². The molecule has 0 aromatic heterocycles. The Morgan fingerprint density at radius 2 is 2.17 bits per heavy atom. The van der Waals surface area contributed by atoms with Gasteiger partial charge in [-0.25, -0.2) is 0 Å². The third-order valence-corrected chi connectivity index (χ3v) is 0.433. The van der Waals surface area contributed by atoms with Crippen LogP contribution in [0.1, 0.15) is 41.2 Å². The van der Waals surface area contributed by atoms with E-state index in [9.17, 15) is 0 Å². The summed E-state index contributed by atoms with van der Waals surface area (Å²) in [5, 5.41) is 0. The molecule has 1 unspecified atom stereocenters. The smallest absolute Gasteiger partial charge is 0.0300 e. The summed E-state index contributed by atoms with van der Waals surface area (Å²) >= 11 is 0. The average Bonchev–Trinajstić information content (AvgIpc) is 1.95. The minimum absolute atomic E-state index is 0.957. The van der Waals surface area contributed by atoms with E-state index >= 15 is 0 Å². The molecule has 0 heteroatoms. The molecule has 38 valence electrons. The summed E-state index contributed by atoms with van der Waals surface area (Å²) in [4.78, 5) is 0. The van der Waals surface area contributed by atoms with E-state index in [-0.39, 0.29) is 0 Å². The Morgan fingerprint density at radius 1 is 1.50 bits per heavy atom. The van der Waals surface area contributed by atoms with Crippen LogP contribution in [0, 0.1) is 11.8 Å². The molecule has 0 spiro atoms. The first-order valence-electron chi connectivity index (χ1n) is 6.65. The van der Waals surface area contributed by atoms with Crippen LogP contribution in [0.5, 0.6) is 0 Å². The van der Waals surface area contributed by atoms with Crippen molar-refractivity contribution in [1.29, 1.82) is 0 Å². The second kappa shape index (κ2) is 2.22. The molecule has 0 radical (unpaired) electrons. The van der Waals surface area contributed by atoms with Crippen LogP contribution in [0.15, 0.2) is 0 Å². The summed E-state index contributed by atoms with van der Waals surface area (Å²) in [6.45, 7) is -8.22. The van der Waals surface area contributed by atoms with Gasteiger partial charge in [-0.2, -0.15) is 0 Å². The van der Waals surface area contributed by atoms with Crippen LogP contribution in [0.25, 0.3) is 0 Å². The largest absolute Gasteiger partial charge is 0.0625 e. The fourth-order valence-electron chi connectivity index (χ4n) is 0. The zero-order chi connectivity index (χ0) is 13.6. The minimum Gasteiger partial charge on any atom is -0.0625 e. The van der Waals surface area contributed by atoms with E-state index in [4.69, 9.17) is 13.7 Å². The van der Waals surface area contributed by atoms with Gasteiger partial charge in [0.1, 0.15) is 0 Å². The van der Waals surface area contributed by atoms with Gasteiger partial charge in [-0.1, -0.05) is 27.5 Å². The molecule has 0 amide bonds. The van der Waals surface area contributed by atoms with Gasteiger partial charge in [0.25, 0.3) is 0 Å². The molecule has 0 saturated heterocycles. The van der Waals surface area contributed by atoms with E-state index < -0.39 is 32.4 Å². The summed E-state index contributed by atoms with van der Waals surface area (Å²) in [5.74, 6) is -4.77. The van der Waals surface area contributed by atoms with E-state index in [1.165, 1.54) is 0 Å². The van der Waals surface area contributed by atoms with Crippen LogP contribution in [-0.4, -0.2) is 0 Å². The van der Waals surface area contributed by atoms with E-state index in [1.807, 2.05) is 0 Å². The highest BCUT2D eigenvalue weighted by Crippen LogP contribution is 2.05. The van der Waals surface area contributed by atoms with Crippen molar-refractivity contribution in [2.75, 3.05) is 0 Å². The molecule has 0 aliphatic heterocycles. The van der Waals surface area contributed by atoms with Gasteiger partial charge in [0, 0.05) is 13.7 Å². The zero-order valence-corrected chi connectivity index (χ0v) is 3.58. The van der Waals surface area contributed by atoms with Crippen LogP contribution in [-0.2, 0) is 0 Å². The Labute approximate surface area is 54.6 Å². The van der Waals surface area contributed by atoms with Crippen molar-refractivity contribution in [2.24, 2.45) is 11.8 Å². The topological polar surface area (TPSA) is 0 Å². The van der Waals surface area contributed by atoms with Crippen molar-refractivity contribution in [3.8, 4) is 0 Å². The van der Waals surface area contributed by atoms with E-state index in [0.29, 0.717) is 0 Å². The van der Waals surface area contributed by atoms with Gasteiger partial charge in [-0.05, 0) is 11.8 Å². The fraction of sp³-hybridized carbons (Fsp3) is 1.00. The molecule has 0 heterocycles. The molecule has 0 nitrogen and oxygen atoms in total. The fourth-order valence-corrected chi connectivity index (χ4v) is 0. The van der Waals surface area contributed by atoms with Crippen molar-refractivity contribution in [3.63, 3.8) is 0 Å². The van der Waals surface area contributed by atoms with Crippen molar-refractivity contribution in [2.45, 2.75) is 27.5 Å². The van der Waals surface area contributed by atoms with Crippen LogP contribution < -0.4 is 0 Å². The zero-order valence-electron chi connectivity index (χ0n) is 13.6. The first-order valence-corrected chi connectivity index (χ1v) is 1.65. The normalized spacial score (nSPS) is 48.2. The van der Waals surface area contributed by atoms with E-state index in [2.05, 4.69) is 0 Å². The number of hydrogen-bond acceptors (Lipinski definition) is 0. The average molecular weight is 96.2 g/mol. The molecule has 0 N–H and O–H groups in total. The molecule has 0 saturated carbocycles. The molecule has 0 bridgehead atoms. The van der Waals surface area contributed by atoms with Gasteiger partial charge >= 0.3 is 0 Å². The Hall–Kier alpha value is 0. The minimum atomic E-state index is -3.19. The van der Waals surface area contributed by atoms with Crippen molar-refractivity contribution in [3.05, 3.63) is 0 Å². The van der Waals surface area contributed by atoms with E-state index in [0.717, 1.165) is 6.92 Å². The van der Waals surface area contributed by atoms with Crippen LogP contribution >= 0.6 is 0 Å². The van der Waals surface area contributed by atoms with Gasteiger partial charge in [0.2, 0.25) is 0 Å². The van der Waals surface area contributed by atoms with Gasteiger partial charge in [-0.3, -0.25) is 0 Å². The molecular weight excluding hydrogens is 72.1 g/mol. The highest BCUT2D eigenvalue weighted by atomic mass is 14.0. The molecule has 0 aromatic rings. The summed E-state index contributed by atoms with van der Waals surface area (Å²) in [6.07, 6.45) is 0. The van der Waals surface area contributed by atoms with Crippen LogP contribution in [0.3, 0.4) is 0 Å². The Kier molecular flexibility index (Phi) is 0.247. The Balaban J connectivity index is 5.63. The monoisotopic (exact) mass is 96.2 g/mol. The molecule has 6 heavy (non-hydrogen) atoms. The third kappa shape index (κ3) is 2.25. The second-order valence-electron chi connectivity index (χ2n) is 1.14. The maximum Gasteiger partial charge on any atom is 0.0300 e.